The van der Waals surface area contributed by atoms with Crippen molar-refractivity contribution in [3.63, 3.8) is 0 Å². The lowest BCUT2D eigenvalue weighted by Crippen LogP contribution is -2.41. The second-order valence-corrected chi connectivity index (χ2v) is 4.09. The van der Waals surface area contributed by atoms with Crippen molar-refractivity contribution in [1.29, 1.82) is 0 Å². The first-order valence-corrected chi connectivity index (χ1v) is 5.44. The topological polar surface area (TPSA) is 58.4 Å². The van der Waals surface area contributed by atoms with E-state index in [0.717, 1.165) is 19.0 Å². The Bertz CT molecular complexity index is 192. The Hall–Kier alpha value is -0.610. The van der Waals surface area contributed by atoms with Crippen LogP contribution in [0.5, 0.6) is 0 Å². The Balaban J connectivity index is 2.37. The normalized spacial score (nSPS) is 18.3. The molecule has 0 aromatic rings. The van der Waals surface area contributed by atoms with Crippen molar-refractivity contribution < 1.29 is 4.79 Å². The van der Waals surface area contributed by atoms with Crippen molar-refractivity contribution >= 4 is 5.91 Å². The minimum Gasteiger partial charge on any atom is -0.297 e. The Kier molecular flexibility index (Phi) is 4.35. The summed E-state index contributed by atoms with van der Waals surface area (Å²) in [5, 5.41) is 0. The summed E-state index contributed by atoms with van der Waals surface area (Å²) in [5.74, 6) is 5.00. The lowest BCUT2D eigenvalue weighted by atomic mass is 10.2. The lowest BCUT2D eigenvalue weighted by Gasteiger charge is -2.28. The molecule has 14 heavy (non-hydrogen) atoms. The molecule has 0 aliphatic heterocycles. The minimum atomic E-state index is -0.0701. The molecule has 1 unspecified atom stereocenters. The molecule has 1 aliphatic rings. The van der Waals surface area contributed by atoms with Crippen LogP contribution in [0.3, 0.4) is 0 Å². The summed E-state index contributed by atoms with van der Waals surface area (Å²) in [6.45, 7) is 5.36. The molecule has 1 amide bonds. The summed E-state index contributed by atoms with van der Waals surface area (Å²) in [6.07, 6.45) is 4.22. The number of nitrogens with zero attached hydrogens (tertiary/aromatic N) is 1. The fraction of sp³-hybridized carbons (Fsp3) is 0.900. The molecule has 1 aliphatic carbocycles. The molecule has 1 atom stereocenters. The van der Waals surface area contributed by atoms with Gasteiger partial charge in [0, 0.05) is 18.5 Å². The van der Waals surface area contributed by atoms with Crippen molar-refractivity contribution in [2.45, 2.75) is 51.6 Å². The average molecular weight is 199 g/mol. The van der Waals surface area contributed by atoms with E-state index in [4.69, 9.17) is 5.84 Å². The number of hydrazine groups is 1. The minimum absolute atomic E-state index is 0.0701. The Morgan fingerprint density at radius 1 is 1.64 bits per heavy atom. The molecule has 0 spiro atoms. The van der Waals surface area contributed by atoms with Crippen LogP contribution in [0.25, 0.3) is 0 Å². The van der Waals surface area contributed by atoms with Crippen LogP contribution in [-0.4, -0.2) is 29.4 Å². The van der Waals surface area contributed by atoms with Gasteiger partial charge in [0.05, 0.1) is 0 Å². The van der Waals surface area contributed by atoms with Gasteiger partial charge in [-0.1, -0.05) is 6.92 Å². The van der Waals surface area contributed by atoms with Crippen LogP contribution in [0.15, 0.2) is 0 Å². The highest BCUT2D eigenvalue weighted by Crippen LogP contribution is 2.29. The molecular formula is C10H21N3O. The largest absolute Gasteiger partial charge is 0.297 e. The molecule has 4 heteroatoms. The van der Waals surface area contributed by atoms with E-state index in [-0.39, 0.29) is 5.91 Å². The van der Waals surface area contributed by atoms with Crippen LogP contribution in [0.2, 0.25) is 0 Å². The van der Waals surface area contributed by atoms with E-state index in [2.05, 4.69) is 24.2 Å². The first-order valence-electron chi connectivity index (χ1n) is 5.44. The summed E-state index contributed by atoms with van der Waals surface area (Å²) in [7, 11) is 0. The van der Waals surface area contributed by atoms with Crippen molar-refractivity contribution in [3.8, 4) is 0 Å². The smallest absolute Gasteiger partial charge is 0.235 e. The van der Waals surface area contributed by atoms with E-state index >= 15 is 0 Å². The molecular weight excluding hydrogens is 178 g/mol. The van der Waals surface area contributed by atoms with Crippen molar-refractivity contribution in [2.75, 3.05) is 6.54 Å². The molecule has 0 saturated heterocycles. The van der Waals surface area contributed by atoms with Gasteiger partial charge >= 0.3 is 0 Å². The Morgan fingerprint density at radius 2 is 2.29 bits per heavy atom. The molecule has 1 rings (SSSR count). The molecule has 0 aromatic heterocycles. The van der Waals surface area contributed by atoms with Gasteiger partial charge in [-0.2, -0.15) is 0 Å². The van der Waals surface area contributed by atoms with Gasteiger partial charge in [-0.25, -0.2) is 5.84 Å². The number of carbonyl (C=O) groups is 1. The van der Waals surface area contributed by atoms with E-state index in [1.807, 2.05) is 0 Å². The highest BCUT2D eigenvalue weighted by atomic mass is 16.2. The predicted octanol–water partition coefficient (Wildman–Crippen LogP) is 0.629. The summed E-state index contributed by atoms with van der Waals surface area (Å²) in [6, 6.07) is 1.03. The third-order valence-corrected chi connectivity index (χ3v) is 2.71. The molecule has 0 radical (unpaired) electrons. The molecule has 4 nitrogen and oxygen atoms in total. The summed E-state index contributed by atoms with van der Waals surface area (Å²) in [5.41, 5.74) is 2.19. The van der Waals surface area contributed by atoms with Crippen LogP contribution >= 0.6 is 0 Å². The van der Waals surface area contributed by atoms with Gasteiger partial charge in [0.25, 0.3) is 0 Å². The van der Waals surface area contributed by atoms with Gasteiger partial charge in [-0.05, 0) is 32.7 Å². The van der Waals surface area contributed by atoms with Crippen LogP contribution in [-0.2, 0) is 4.79 Å². The van der Waals surface area contributed by atoms with Crippen LogP contribution < -0.4 is 11.3 Å². The number of nitrogens with one attached hydrogen (secondary N) is 1. The molecule has 1 saturated carbocycles. The Morgan fingerprint density at radius 3 is 2.71 bits per heavy atom. The SMILES string of the molecule is CCCN(C(C)CC(=O)NN)C1CC1. The molecule has 82 valence electrons. The van der Waals surface area contributed by atoms with Crippen LogP contribution in [0.1, 0.15) is 39.5 Å². The Labute approximate surface area is 85.8 Å². The number of carbonyl (C=O) groups excluding carboxylic acids is 1. The number of hydrogen-bond donors (Lipinski definition) is 2. The van der Waals surface area contributed by atoms with Crippen LogP contribution in [0, 0.1) is 0 Å². The van der Waals surface area contributed by atoms with Gasteiger partial charge in [0.15, 0.2) is 0 Å². The second kappa shape index (κ2) is 5.32. The highest BCUT2D eigenvalue weighted by molar-refractivity contribution is 5.75. The summed E-state index contributed by atoms with van der Waals surface area (Å²) < 4.78 is 0. The average Bonchev–Trinajstić information content (AvgIpc) is 2.97. The summed E-state index contributed by atoms with van der Waals surface area (Å²) in [4.78, 5) is 13.5. The molecule has 0 aromatic carbocycles. The quantitative estimate of drug-likeness (QED) is 0.375. The number of hydrogen-bond acceptors (Lipinski definition) is 3. The maximum atomic E-state index is 11.1. The van der Waals surface area contributed by atoms with Crippen LogP contribution in [0.4, 0.5) is 0 Å². The van der Waals surface area contributed by atoms with Gasteiger partial charge in [-0.3, -0.25) is 15.1 Å². The standard InChI is InChI=1S/C10H21N3O/c1-3-6-13(9-4-5-9)8(2)7-10(14)12-11/h8-9H,3-7,11H2,1-2H3,(H,12,14). The highest BCUT2D eigenvalue weighted by Gasteiger charge is 2.31. The number of rotatable bonds is 6. The van der Waals surface area contributed by atoms with E-state index in [1.165, 1.54) is 12.8 Å². The third-order valence-electron chi connectivity index (χ3n) is 2.71. The van der Waals surface area contributed by atoms with Gasteiger partial charge in [-0.15, -0.1) is 0 Å². The monoisotopic (exact) mass is 199 g/mol. The first kappa shape index (κ1) is 11.5. The predicted molar refractivity (Wildman–Crippen MR) is 56.4 cm³/mol. The molecule has 3 N–H and O–H groups in total. The van der Waals surface area contributed by atoms with E-state index in [0.29, 0.717) is 12.5 Å². The zero-order valence-corrected chi connectivity index (χ0v) is 9.12. The van der Waals surface area contributed by atoms with Gasteiger partial charge in [0.2, 0.25) is 5.91 Å². The number of amides is 1. The maximum Gasteiger partial charge on any atom is 0.235 e. The zero-order valence-electron chi connectivity index (χ0n) is 9.12. The van der Waals surface area contributed by atoms with Gasteiger partial charge in [0.1, 0.15) is 0 Å². The fourth-order valence-corrected chi connectivity index (χ4v) is 1.87. The van der Waals surface area contributed by atoms with E-state index in [9.17, 15) is 4.79 Å². The second-order valence-electron chi connectivity index (χ2n) is 4.09. The fourth-order valence-electron chi connectivity index (χ4n) is 1.87. The van der Waals surface area contributed by atoms with Crippen molar-refractivity contribution in [1.82, 2.24) is 10.3 Å². The first-order chi connectivity index (χ1) is 6.69. The van der Waals surface area contributed by atoms with Crippen molar-refractivity contribution in [3.05, 3.63) is 0 Å². The maximum absolute atomic E-state index is 11.1. The molecule has 1 fully saturated rings. The zero-order chi connectivity index (χ0) is 10.6. The van der Waals surface area contributed by atoms with Crippen molar-refractivity contribution in [2.24, 2.45) is 5.84 Å². The lowest BCUT2D eigenvalue weighted by molar-refractivity contribution is -0.122. The van der Waals surface area contributed by atoms with E-state index in [1.54, 1.807) is 0 Å². The third kappa shape index (κ3) is 3.27. The van der Waals surface area contributed by atoms with Gasteiger partial charge < -0.3 is 0 Å². The molecule has 0 heterocycles. The molecule has 0 bridgehead atoms. The summed E-state index contributed by atoms with van der Waals surface area (Å²) >= 11 is 0. The number of nitrogens with two attached hydrogens (primary N) is 1. The van der Waals surface area contributed by atoms with E-state index < -0.39 is 0 Å².